The van der Waals surface area contributed by atoms with Crippen molar-refractivity contribution in [3.05, 3.63) is 12.7 Å². The highest BCUT2D eigenvalue weighted by molar-refractivity contribution is 5.59. The van der Waals surface area contributed by atoms with E-state index >= 15 is 0 Å². The molecule has 10 heavy (non-hydrogen) atoms. The number of hydrogen-bond acceptors (Lipinski definition) is 4. The molecule has 0 unspecified atom stereocenters. The summed E-state index contributed by atoms with van der Waals surface area (Å²) in [5, 5.41) is 3.75. The van der Waals surface area contributed by atoms with Crippen molar-refractivity contribution in [3.63, 3.8) is 0 Å². The molecule has 0 aromatic carbocycles. The number of rotatable bonds is 0. The largest absolute Gasteiger partial charge is 0.380 e. The van der Waals surface area contributed by atoms with Crippen LogP contribution in [-0.2, 0) is 0 Å². The van der Waals surface area contributed by atoms with Crippen LogP contribution >= 0.6 is 0 Å². The number of imidazole rings is 1. The van der Waals surface area contributed by atoms with Gasteiger partial charge in [0.1, 0.15) is 12.7 Å². The van der Waals surface area contributed by atoms with Crippen LogP contribution in [0.2, 0.25) is 0 Å². The Morgan fingerprint density at radius 2 is 2.20 bits per heavy atom. The summed E-state index contributed by atoms with van der Waals surface area (Å²) in [5.74, 6) is 5.78. The minimum absolute atomic E-state index is 0.389. The van der Waals surface area contributed by atoms with Gasteiger partial charge >= 0.3 is 0 Å². The fourth-order valence-electron chi connectivity index (χ4n) is 0.855. The number of fused-ring (bicyclic) bond motifs is 1. The van der Waals surface area contributed by atoms with Crippen LogP contribution in [0, 0.1) is 0 Å². The lowest BCUT2D eigenvalue weighted by Gasteiger charge is -1.87. The molecule has 52 valence electrons. The van der Waals surface area contributed by atoms with Gasteiger partial charge in [-0.3, -0.25) is 4.40 Å². The molecule has 2 aromatic rings. The molecule has 0 saturated carbocycles. The van der Waals surface area contributed by atoms with Gasteiger partial charge in [0.2, 0.25) is 5.65 Å². The molecule has 0 aliphatic rings. The van der Waals surface area contributed by atoms with Gasteiger partial charge in [0.15, 0.2) is 5.82 Å². The number of nitrogen functional groups attached to an aromatic ring is 2. The van der Waals surface area contributed by atoms with Gasteiger partial charge in [-0.1, -0.05) is 0 Å². The van der Waals surface area contributed by atoms with Crippen LogP contribution < -0.4 is 11.6 Å². The number of nitrogens with two attached hydrogens (primary N) is 2. The van der Waals surface area contributed by atoms with Crippen LogP contribution in [0.4, 0.5) is 5.82 Å². The highest BCUT2D eigenvalue weighted by Crippen LogP contribution is 2.06. The van der Waals surface area contributed by atoms with E-state index in [1.165, 1.54) is 4.79 Å². The van der Waals surface area contributed by atoms with Crippen LogP contribution in [0.5, 0.6) is 0 Å². The third kappa shape index (κ3) is 0.426. The summed E-state index contributed by atoms with van der Waals surface area (Å²) in [6.45, 7) is 0. The molecule has 4 N–H and O–H groups in total. The summed E-state index contributed by atoms with van der Waals surface area (Å²) in [5.41, 5.74) is 6.06. The van der Waals surface area contributed by atoms with Gasteiger partial charge < -0.3 is 11.6 Å². The van der Waals surface area contributed by atoms with Gasteiger partial charge in [0.05, 0.1) is 0 Å². The van der Waals surface area contributed by atoms with E-state index in [2.05, 4.69) is 10.1 Å². The zero-order chi connectivity index (χ0) is 7.14. The molecular weight excluding hydrogens is 132 g/mol. The highest BCUT2D eigenvalue weighted by Gasteiger charge is 2.03. The number of anilines is 1. The average molecular weight is 138 g/mol. The Bertz CT molecular complexity index is 325. The normalized spacial score (nSPS) is 10.8. The predicted molar refractivity (Wildman–Crippen MR) is 35.5 cm³/mol. The van der Waals surface area contributed by atoms with Gasteiger partial charge in [-0.15, -0.1) is 5.10 Å². The third-order valence-electron chi connectivity index (χ3n) is 1.31. The summed E-state index contributed by atoms with van der Waals surface area (Å²) in [6.07, 6.45) is 3.10. The molecule has 6 heteroatoms. The first-order valence-corrected chi connectivity index (χ1v) is 2.70. The predicted octanol–water partition coefficient (Wildman–Crippen LogP) is -1.17. The van der Waals surface area contributed by atoms with E-state index in [-0.39, 0.29) is 0 Å². The number of hydrogen-bond donors (Lipinski definition) is 2. The van der Waals surface area contributed by atoms with Crippen molar-refractivity contribution in [2.24, 2.45) is 0 Å². The van der Waals surface area contributed by atoms with Crippen LogP contribution in [0.3, 0.4) is 0 Å². The van der Waals surface area contributed by atoms with Crippen molar-refractivity contribution in [1.29, 1.82) is 0 Å². The lowest BCUT2D eigenvalue weighted by atomic mass is 10.7. The van der Waals surface area contributed by atoms with E-state index in [4.69, 9.17) is 11.6 Å². The molecule has 0 spiro atoms. The molecule has 2 heterocycles. The summed E-state index contributed by atoms with van der Waals surface area (Å²) in [7, 11) is 0. The summed E-state index contributed by atoms with van der Waals surface area (Å²) < 4.78 is 1.65. The Labute approximate surface area is 56.0 Å². The molecule has 0 fully saturated rings. The van der Waals surface area contributed by atoms with Gasteiger partial charge in [-0.25, -0.2) is 4.98 Å². The van der Waals surface area contributed by atoms with Crippen molar-refractivity contribution in [2.75, 3.05) is 11.6 Å². The molecule has 0 amide bonds. The van der Waals surface area contributed by atoms with Crippen molar-refractivity contribution >= 4 is 11.5 Å². The molecular formula is C4H6N6. The highest BCUT2D eigenvalue weighted by atomic mass is 15.5. The maximum Gasteiger partial charge on any atom is 0.201 e. The third-order valence-corrected chi connectivity index (χ3v) is 1.31. The molecule has 6 nitrogen and oxygen atoms in total. The van der Waals surface area contributed by atoms with Crippen LogP contribution in [0.15, 0.2) is 12.7 Å². The van der Waals surface area contributed by atoms with Crippen molar-refractivity contribution in [1.82, 2.24) is 19.3 Å². The first-order chi connectivity index (χ1) is 4.79. The second-order valence-electron chi connectivity index (χ2n) is 1.94. The average Bonchev–Trinajstić information content (AvgIpc) is 2.40. The van der Waals surface area contributed by atoms with Gasteiger partial charge in [0.25, 0.3) is 0 Å². The van der Waals surface area contributed by atoms with E-state index in [0.29, 0.717) is 11.5 Å². The fraction of sp³-hybridized carbons (Fsp3) is 0. The van der Waals surface area contributed by atoms with E-state index in [0.717, 1.165) is 0 Å². The maximum atomic E-state index is 5.45. The summed E-state index contributed by atoms with van der Waals surface area (Å²) >= 11 is 0. The van der Waals surface area contributed by atoms with Crippen molar-refractivity contribution in [2.45, 2.75) is 0 Å². The molecule has 2 rings (SSSR count). The zero-order valence-electron chi connectivity index (χ0n) is 5.10. The fourth-order valence-corrected chi connectivity index (χ4v) is 0.855. The topological polar surface area (TPSA) is 87.2 Å². The Morgan fingerprint density at radius 1 is 1.40 bits per heavy atom. The lowest BCUT2D eigenvalue weighted by molar-refractivity contribution is 0.862. The second kappa shape index (κ2) is 1.41. The van der Waals surface area contributed by atoms with Gasteiger partial charge in [0, 0.05) is 0 Å². The zero-order valence-corrected chi connectivity index (χ0v) is 5.10. The number of nitrogens with zero attached hydrogens (tertiary/aromatic N) is 4. The monoisotopic (exact) mass is 138 g/mol. The van der Waals surface area contributed by atoms with Crippen LogP contribution in [0.1, 0.15) is 0 Å². The van der Waals surface area contributed by atoms with Gasteiger partial charge in [-0.05, 0) is 0 Å². The first-order valence-electron chi connectivity index (χ1n) is 2.70. The van der Waals surface area contributed by atoms with E-state index in [9.17, 15) is 0 Å². The Balaban J connectivity index is 2.98. The Kier molecular flexibility index (Phi) is 0.717. The molecule has 2 aromatic heterocycles. The van der Waals surface area contributed by atoms with E-state index in [1.807, 2.05) is 0 Å². The number of aromatic nitrogens is 4. The summed E-state index contributed by atoms with van der Waals surface area (Å²) in [6, 6.07) is 0. The quantitative estimate of drug-likeness (QED) is 0.449. The lowest BCUT2D eigenvalue weighted by Crippen LogP contribution is -2.10. The Hall–Kier alpha value is -1.72. The van der Waals surface area contributed by atoms with Gasteiger partial charge in [-0.2, -0.15) is 4.79 Å². The molecule has 0 atom stereocenters. The first kappa shape index (κ1) is 5.10. The Morgan fingerprint density at radius 3 is 2.90 bits per heavy atom. The second-order valence-corrected chi connectivity index (χ2v) is 1.94. The standard InChI is InChI=1S/C4H6N6/c5-3-4-9(1-7-3)2-8-10(4)6/h1-2H,5-6H2. The van der Waals surface area contributed by atoms with Crippen molar-refractivity contribution in [3.8, 4) is 0 Å². The minimum Gasteiger partial charge on any atom is -0.380 e. The van der Waals surface area contributed by atoms with Crippen LogP contribution in [-0.4, -0.2) is 19.3 Å². The van der Waals surface area contributed by atoms with E-state index < -0.39 is 0 Å². The SMILES string of the molecule is Nc1ncn2cnn(N)c12. The molecule has 0 radical (unpaired) electrons. The van der Waals surface area contributed by atoms with E-state index in [1.54, 1.807) is 17.1 Å². The maximum absolute atomic E-state index is 5.45. The molecule has 0 bridgehead atoms. The summed E-state index contributed by atoms with van der Waals surface area (Å²) in [4.78, 5) is 5.00. The smallest absolute Gasteiger partial charge is 0.201 e. The van der Waals surface area contributed by atoms with Crippen LogP contribution in [0.25, 0.3) is 5.65 Å². The molecule has 0 saturated heterocycles. The molecule has 0 aliphatic carbocycles. The minimum atomic E-state index is 0.389. The molecule has 0 aliphatic heterocycles. The van der Waals surface area contributed by atoms with Crippen molar-refractivity contribution < 1.29 is 0 Å².